The second-order valence-electron chi connectivity index (χ2n) is 6.51. The number of carbonyl (C=O) groups excluding carboxylic acids is 2. The number of amides is 2. The largest absolute Gasteiger partial charge is 0.351 e. The van der Waals surface area contributed by atoms with Crippen LogP contribution in [0.5, 0.6) is 0 Å². The molecule has 2 atom stereocenters. The molecule has 0 bridgehead atoms. The number of halogens is 1. The number of rotatable bonds is 5. The number of likely N-dealkylation sites (tertiary alicyclic amines) is 1. The number of aryl methyl sites for hydroxylation is 1. The average molecular weight is 352 g/mol. The number of benzene rings is 1. The monoisotopic (exact) mass is 351 g/mol. The Hall–Kier alpha value is -1.59. The third kappa shape index (κ3) is 4.95. The van der Waals surface area contributed by atoms with Crippen LogP contribution in [-0.4, -0.2) is 48.9 Å². The van der Waals surface area contributed by atoms with Gasteiger partial charge in [-0.2, -0.15) is 0 Å². The third-order valence-corrected chi connectivity index (χ3v) is 4.79. The molecular weight excluding hydrogens is 326 g/mol. The first-order chi connectivity index (χ1) is 11.2. The van der Waals surface area contributed by atoms with E-state index in [0.29, 0.717) is 13.0 Å². The van der Waals surface area contributed by atoms with E-state index in [4.69, 9.17) is 0 Å². The van der Waals surface area contributed by atoms with Crippen LogP contribution in [0.1, 0.15) is 24.8 Å². The lowest BCUT2D eigenvalue weighted by Gasteiger charge is -2.18. The van der Waals surface area contributed by atoms with E-state index >= 15 is 0 Å². The summed E-state index contributed by atoms with van der Waals surface area (Å²) in [4.78, 5) is 26.3. The second-order valence-corrected chi connectivity index (χ2v) is 6.51. The summed E-state index contributed by atoms with van der Waals surface area (Å²) in [5.74, 6) is 0.421. The molecule has 132 valence electrons. The van der Waals surface area contributed by atoms with Crippen molar-refractivity contribution in [3.05, 3.63) is 35.9 Å². The van der Waals surface area contributed by atoms with Crippen molar-refractivity contribution in [1.29, 1.82) is 0 Å². The molecule has 5 nitrogen and oxygen atoms in total. The summed E-state index contributed by atoms with van der Waals surface area (Å²) in [7, 11) is 0. The van der Waals surface area contributed by atoms with Gasteiger partial charge in [-0.3, -0.25) is 9.59 Å². The van der Waals surface area contributed by atoms with Crippen LogP contribution in [0.15, 0.2) is 30.3 Å². The predicted octanol–water partition coefficient (Wildman–Crippen LogP) is 1.37. The van der Waals surface area contributed by atoms with E-state index in [-0.39, 0.29) is 36.2 Å². The molecule has 0 saturated carbocycles. The molecule has 3 rings (SSSR count). The minimum atomic E-state index is 0. The van der Waals surface area contributed by atoms with Gasteiger partial charge in [0.25, 0.3) is 0 Å². The minimum Gasteiger partial charge on any atom is -0.351 e. The van der Waals surface area contributed by atoms with Crippen LogP contribution < -0.4 is 10.6 Å². The van der Waals surface area contributed by atoms with E-state index in [1.54, 1.807) is 0 Å². The molecule has 2 aliphatic rings. The fraction of sp³-hybridized carbons (Fsp3) is 0.556. The smallest absolute Gasteiger partial charge is 0.224 e. The zero-order valence-corrected chi connectivity index (χ0v) is 14.7. The number of carbonyl (C=O) groups is 2. The van der Waals surface area contributed by atoms with E-state index in [9.17, 15) is 9.59 Å². The third-order valence-electron chi connectivity index (χ3n) is 4.79. The summed E-state index contributed by atoms with van der Waals surface area (Å²) < 4.78 is 0. The molecule has 1 aromatic carbocycles. The molecule has 2 fully saturated rings. The highest BCUT2D eigenvalue weighted by atomic mass is 35.5. The zero-order valence-electron chi connectivity index (χ0n) is 13.9. The predicted molar refractivity (Wildman–Crippen MR) is 96.1 cm³/mol. The molecule has 24 heavy (non-hydrogen) atoms. The maximum atomic E-state index is 12.3. The van der Waals surface area contributed by atoms with Crippen LogP contribution in [0.4, 0.5) is 0 Å². The van der Waals surface area contributed by atoms with Gasteiger partial charge in [-0.1, -0.05) is 30.3 Å². The summed E-state index contributed by atoms with van der Waals surface area (Å²) in [6.07, 6.45) is 3.10. The molecule has 0 spiro atoms. The standard InChI is InChI=1S/C18H25N3O2.ClH/c22-17(7-6-14-4-2-1-3-5-14)21-11-9-16(13-21)20-18(23)15-8-10-19-12-15;/h1-5,15-16,19H,6-13H2,(H,20,23);1H. The van der Waals surface area contributed by atoms with Gasteiger partial charge in [-0.05, 0) is 31.4 Å². The van der Waals surface area contributed by atoms with Gasteiger partial charge in [-0.15, -0.1) is 12.4 Å². The van der Waals surface area contributed by atoms with Gasteiger partial charge in [0.15, 0.2) is 0 Å². The van der Waals surface area contributed by atoms with Crippen molar-refractivity contribution in [3.8, 4) is 0 Å². The van der Waals surface area contributed by atoms with Gasteiger partial charge in [0.05, 0.1) is 5.92 Å². The van der Waals surface area contributed by atoms with E-state index in [1.165, 1.54) is 5.56 Å². The lowest BCUT2D eigenvalue weighted by Crippen LogP contribution is -2.41. The maximum Gasteiger partial charge on any atom is 0.224 e. The summed E-state index contributed by atoms with van der Waals surface area (Å²) in [6.45, 7) is 3.10. The van der Waals surface area contributed by atoms with E-state index in [2.05, 4.69) is 22.8 Å². The van der Waals surface area contributed by atoms with Gasteiger partial charge in [-0.25, -0.2) is 0 Å². The maximum absolute atomic E-state index is 12.3. The molecule has 0 radical (unpaired) electrons. The van der Waals surface area contributed by atoms with Crippen LogP contribution in [0, 0.1) is 5.92 Å². The molecule has 2 unspecified atom stereocenters. The lowest BCUT2D eigenvalue weighted by atomic mass is 10.1. The van der Waals surface area contributed by atoms with Gasteiger partial charge in [0, 0.05) is 32.1 Å². The molecule has 2 aliphatic heterocycles. The quantitative estimate of drug-likeness (QED) is 0.842. The number of nitrogens with one attached hydrogen (secondary N) is 2. The first kappa shape index (κ1) is 18.7. The topological polar surface area (TPSA) is 61.4 Å². The molecular formula is C18H26ClN3O2. The Bertz CT molecular complexity index is 546. The highest BCUT2D eigenvalue weighted by molar-refractivity contribution is 5.85. The molecule has 0 aliphatic carbocycles. The minimum absolute atomic E-state index is 0. The highest BCUT2D eigenvalue weighted by Gasteiger charge is 2.30. The van der Waals surface area contributed by atoms with Crippen LogP contribution in [-0.2, 0) is 16.0 Å². The Morgan fingerprint density at radius 1 is 1.21 bits per heavy atom. The SMILES string of the molecule is Cl.O=C(NC1CCN(C(=O)CCc2ccccc2)C1)C1CCNC1. The molecule has 2 heterocycles. The Labute approximate surface area is 149 Å². The normalized spacial score (nSPS) is 22.9. The molecule has 6 heteroatoms. The molecule has 0 aromatic heterocycles. The number of hydrogen-bond donors (Lipinski definition) is 2. The van der Waals surface area contributed by atoms with Crippen molar-refractivity contribution < 1.29 is 9.59 Å². The summed E-state index contributed by atoms with van der Waals surface area (Å²) in [6, 6.07) is 10.2. The first-order valence-corrected chi connectivity index (χ1v) is 8.55. The van der Waals surface area contributed by atoms with Gasteiger partial charge in [0.1, 0.15) is 0 Å². The van der Waals surface area contributed by atoms with Crippen molar-refractivity contribution in [3.63, 3.8) is 0 Å². The Morgan fingerprint density at radius 3 is 2.71 bits per heavy atom. The molecule has 1 aromatic rings. The van der Waals surface area contributed by atoms with Gasteiger partial charge in [0.2, 0.25) is 11.8 Å². The van der Waals surface area contributed by atoms with Crippen LogP contribution in [0.3, 0.4) is 0 Å². The van der Waals surface area contributed by atoms with Crippen molar-refractivity contribution in [2.75, 3.05) is 26.2 Å². The van der Waals surface area contributed by atoms with Crippen molar-refractivity contribution in [2.45, 2.75) is 31.7 Å². The fourth-order valence-electron chi connectivity index (χ4n) is 3.36. The highest BCUT2D eigenvalue weighted by Crippen LogP contribution is 2.14. The Kier molecular flexibility index (Phi) is 7.06. The zero-order chi connectivity index (χ0) is 16.1. The first-order valence-electron chi connectivity index (χ1n) is 8.55. The van der Waals surface area contributed by atoms with Gasteiger partial charge >= 0.3 is 0 Å². The Balaban J connectivity index is 0.00000208. The van der Waals surface area contributed by atoms with E-state index < -0.39 is 0 Å². The van der Waals surface area contributed by atoms with Crippen molar-refractivity contribution >= 4 is 24.2 Å². The average Bonchev–Trinajstić information content (AvgIpc) is 3.25. The van der Waals surface area contributed by atoms with Crippen LogP contribution in [0.2, 0.25) is 0 Å². The van der Waals surface area contributed by atoms with Crippen LogP contribution >= 0.6 is 12.4 Å². The number of nitrogens with zero attached hydrogens (tertiary/aromatic N) is 1. The van der Waals surface area contributed by atoms with Gasteiger partial charge < -0.3 is 15.5 Å². The summed E-state index contributed by atoms with van der Waals surface area (Å²) in [5, 5.41) is 6.32. The van der Waals surface area contributed by atoms with Crippen LogP contribution in [0.25, 0.3) is 0 Å². The lowest BCUT2D eigenvalue weighted by molar-refractivity contribution is -0.130. The van der Waals surface area contributed by atoms with Crippen molar-refractivity contribution in [2.24, 2.45) is 5.92 Å². The van der Waals surface area contributed by atoms with Crippen molar-refractivity contribution in [1.82, 2.24) is 15.5 Å². The second kappa shape index (κ2) is 9.04. The molecule has 2 saturated heterocycles. The Morgan fingerprint density at radius 2 is 2.00 bits per heavy atom. The fourth-order valence-corrected chi connectivity index (χ4v) is 3.36. The van der Waals surface area contributed by atoms with E-state index in [0.717, 1.165) is 38.9 Å². The molecule has 2 N–H and O–H groups in total. The van der Waals surface area contributed by atoms with E-state index in [1.807, 2.05) is 23.1 Å². The number of hydrogen-bond acceptors (Lipinski definition) is 3. The summed E-state index contributed by atoms with van der Waals surface area (Å²) >= 11 is 0. The summed E-state index contributed by atoms with van der Waals surface area (Å²) in [5.41, 5.74) is 1.19. The molecule has 2 amide bonds.